The first-order chi connectivity index (χ1) is 12.9. The summed E-state index contributed by atoms with van der Waals surface area (Å²) in [5.41, 5.74) is 0. The number of carbonyl (C=O) groups excluding carboxylic acids is 1. The van der Waals surface area contributed by atoms with Gasteiger partial charge >= 0.3 is 0 Å². The topological polar surface area (TPSA) is 114 Å². The molecule has 0 heterocycles. The molecule has 3 N–H and O–H groups in total. The van der Waals surface area contributed by atoms with Gasteiger partial charge < -0.3 is 19.9 Å². The fourth-order valence-electron chi connectivity index (χ4n) is 2.65. The molecule has 1 aromatic rings. The Kier molecular flexibility index (Phi) is 10.1. The molecule has 1 aromatic carbocycles. The summed E-state index contributed by atoms with van der Waals surface area (Å²) in [4.78, 5) is 12.0. The second kappa shape index (κ2) is 11.8. The fraction of sp³-hybridized carbons (Fsp3) is 0.611. The lowest BCUT2D eigenvalue weighted by Crippen LogP contribution is -2.33. The molecule has 0 fully saturated rings. The second-order valence-corrected chi connectivity index (χ2v) is 7.90. The normalized spacial score (nSPS) is 12.4. The van der Waals surface area contributed by atoms with Crippen molar-refractivity contribution in [3.8, 4) is 11.5 Å². The molecule has 0 radical (unpaired) electrons. The molecule has 0 spiro atoms. The predicted octanol–water partition coefficient (Wildman–Crippen LogP) is 1.29. The Balaban J connectivity index is 2.53. The number of benzene rings is 1. The molecule has 154 valence electrons. The van der Waals surface area contributed by atoms with Crippen LogP contribution in [0.25, 0.3) is 0 Å². The van der Waals surface area contributed by atoms with E-state index in [4.69, 9.17) is 14.6 Å². The van der Waals surface area contributed by atoms with Gasteiger partial charge in [0, 0.05) is 32.2 Å². The number of carbonyl (C=O) groups is 1. The van der Waals surface area contributed by atoms with Crippen LogP contribution >= 0.6 is 0 Å². The highest BCUT2D eigenvalue weighted by molar-refractivity contribution is 7.89. The highest BCUT2D eigenvalue weighted by atomic mass is 32.2. The third-order valence-corrected chi connectivity index (χ3v) is 5.59. The largest absolute Gasteiger partial charge is 0.493 e. The van der Waals surface area contributed by atoms with Crippen molar-refractivity contribution in [1.29, 1.82) is 0 Å². The van der Waals surface area contributed by atoms with E-state index in [0.717, 1.165) is 12.8 Å². The Bertz CT molecular complexity index is 687. The van der Waals surface area contributed by atoms with E-state index < -0.39 is 10.0 Å². The molecule has 8 nitrogen and oxygen atoms in total. The number of aliphatic hydroxyl groups is 1. The third-order valence-electron chi connectivity index (χ3n) is 4.13. The van der Waals surface area contributed by atoms with E-state index >= 15 is 0 Å². The molecule has 0 unspecified atom stereocenters. The highest BCUT2D eigenvalue weighted by Gasteiger charge is 2.17. The fourth-order valence-corrected chi connectivity index (χ4v) is 3.70. The van der Waals surface area contributed by atoms with Gasteiger partial charge in [-0.1, -0.05) is 13.3 Å². The monoisotopic (exact) mass is 402 g/mol. The molecule has 0 saturated heterocycles. The van der Waals surface area contributed by atoms with Gasteiger partial charge in [0.25, 0.3) is 0 Å². The van der Waals surface area contributed by atoms with Crippen molar-refractivity contribution in [3.05, 3.63) is 18.2 Å². The zero-order valence-electron chi connectivity index (χ0n) is 16.2. The first-order valence-electron chi connectivity index (χ1n) is 8.97. The smallest absolute Gasteiger partial charge is 0.240 e. The number of ether oxygens (including phenoxy) is 2. The maximum absolute atomic E-state index is 12.4. The molecule has 0 aromatic heterocycles. The van der Waals surface area contributed by atoms with Crippen LogP contribution in [0, 0.1) is 5.92 Å². The van der Waals surface area contributed by atoms with Crippen LogP contribution in [-0.4, -0.2) is 53.3 Å². The highest BCUT2D eigenvalue weighted by Crippen LogP contribution is 2.29. The van der Waals surface area contributed by atoms with Gasteiger partial charge in [-0.15, -0.1) is 0 Å². The van der Waals surface area contributed by atoms with Crippen molar-refractivity contribution in [1.82, 2.24) is 10.0 Å². The Hall–Kier alpha value is -1.84. The van der Waals surface area contributed by atoms with Crippen LogP contribution in [0.4, 0.5) is 0 Å². The summed E-state index contributed by atoms with van der Waals surface area (Å²) in [6, 6.07) is 4.29. The minimum absolute atomic E-state index is 0.0129. The molecular formula is C18H30N2O6S. The van der Waals surface area contributed by atoms with Crippen LogP contribution in [0.5, 0.6) is 11.5 Å². The Morgan fingerprint density at radius 1 is 1.19 bits per heavy atom. The summed E-state index contributed by atoms with van der Waals surface area (Å²) >= 11 is 0. The Morgan fingerprint density at radius 2 is 1.89 bits per heavy atom. The lowest BCUT2D eigenvalue weighted by Gasteiger charge is -2.15. The zero-order valence-corrected chi connectivity index (χ0v) is 17.0. The van der Waals surface area contributed by atoms with Gasteiger partial charge in [0.2, 0.25) is 15.9 Å². The standard InChI is InChI=1S/C18H30N2O6S/c1-4-5-14(9-11-21)13-19-18(22)8-10-20-27(23,24)15-6-7-16(25-2)17(12-15)26-3/h6-7,12,14,20-21H,4-5,8-11,13H2,1-3H3,(H,19,22)/t14-/m1/s1. The van der Waals surface area contributed by atoms with Crippen molar-refractivity contribution < 1.29 is 27.8 Å². The van der Waals surface area contributed by atoms with Crippen molar-refractivity contribution in [2.75, 3.05) is 33.9 Å². The molecule has 1 rings (SSSR count). The molecular weight excluding hydrogens is 372 g/mol. The van der Waals surface area contributed by atoms with Crippen molar-refractivity contribution in [2.24, 2.45) is 5.92 Å². The number of amides is 1. The van der Waals surface area contributed by atoms with E-state index in [0.29, 0.717) is 24.5 Å². The predicted molar refractivity (Wildman–Crippen MR) is 102 cm³/mol. The van der Waals surface area contributed by atoms with Gasteiger partial charge in [0.15, 0.2) is 11.5 Å². The Labute approximate surface area is 161 Å². The lowest BCUT2D eigenvalue weighted by molar-refractivity contribution is -0.121. The van der Waals surface area contributed by atoms with E-state index in [1.54, 1.807) is 0 Å². The maximum atomic E-state index is 12.4. The molecule has 27 heavy (non-hydrogen) atoms. The van der Waals surface area contributed by atoms with Crippen LogP contribution in [0.3, 0.4) is 0 Å². The first kappa shape index (κ1) is 23.2. The van der Waals surface area contributed by atoms with Crippen LogP contribution in [0.2, 0.25) is 0 Å². The number of aliphatic hydroxyl groups excluding tert-OH is 1. The van der Waals surface area contributed by atoms with Gasteiger partial charge in [-0.05, 0) is 30.9 Å². The summed E-state index contributed by atoms with van der Waals surface area (Å²) in [5, 5.41) is 11.8. The van der Waals surface area contributed by atoms with E-state index in [-0.39, 0.29) is 36.3 Å². The average Bonchev–Trinajstić information content (AvgIpc) is 2.65. The van der Waals surface area contributed by atoms with Gasteiger partial charge in [-0.25, -0.2) is 13.1 Å². The summed E-state index contributed by atoms with van der Waals surface area (Å²) in [7, 11) is -0.869. The van der Waals surface area contributed by atoms with E-state index in [1.807, 2.05) is 0 Å². The van der Waals surface area contributed by atoms with E-state index in [2.05, 4.69) is 17.0 Å². The lowest BCUT2D eigenvalue weighted by atomic mass is 10.0. The molecule has 1 amide bonds. The SMILES string of the molecule is CCC[C@H](CCO)CNC(=O)CCNS(=O)(=O)c1ccc(OC)c(OC)c1. The molecule has 0 saturated carbocycles. The second-order valence-electron chi connectivity index (χ2n) is 6.14. The summed E-state index contributed by atoms with van der Waals surface area (Å²) < 4.78 is 37.3. The molecule has 0 aliphatic rings. The summed E-state index contributed by atoms with van der Waals surface area (Å²) in [6.07, 6.45) is 2.57. The van der Waals surface area contributed by atoms with Gasteiger partial charge in [0.05, 0.1) is 19.1 Å². The number of hydrogen-bond acceptors (Lipinski definition) is 6. The van der Waals surface area contributed by atoms with Crippen LogP contribution in [-0.2, 0) is 14.8 Å². The Morgan fingerprint density at radius 3 is 2.48 bits per heavy atom. The number of nitrogens with one attached hydrogen (secondary N) is 2. The van der Waals surface area contributed by atoms with Crippen molar-refractivity contribution in [2.45, 2.75) is 37.5 Å². The van der Waals surface area contributed by atoms with Crippen molar-refractivity contribution in [3.63, 3.8) is 0 Å². The zero-order chi connectivity index (χ0) is 20.3. The number of methoxy groups -OCH3 is 2. The van der Waals surface area contributed by atoms with Gasteiger partial charge in [-0.3, -0.25) is 4.79 Å². The van der Waals surface area contributed by atoms with E-state index in [9.17, 15) is 13.2 Å². The van der Waals surface area contributed by atoms with Crippen LogP contribution in [0.1, 0.15) is 32.6 Å². The minimum atomic E-state index is -3.76. The van der Waals surface area contributed by atoms with Gasteiger partial charge in [0.1, 0.15) is 0 Å². The van der Waals surface area contributed by atoms with E-state index in [1.165, 1.54) is 32.4 Å². The third kappa shape index (κ3) is 7.74. The minimum Gasteiger partial charge on any atom is -0.493 e. The number of rotatable bonds is 13. The molecule has 0 bridgehead atoms. The van der Waals surface area contributed by atoms with Crippen molar-refractivity contribution >= 4 is 15.9 Å². The number of hydrogen-bond donors (Lipinski definition) is 3. The average molecular weight is 403 g/mol. The molecule has 0 aliphatic heterocycles. The molecule has 0 aliphatic carbocycles. The van der Waals surface area contributed by atoms with Crippen LogP contribution in [0.15, 0.2) is 23.1 Å². The summed E-state index contributed by atoms with van der Waals surface area (Å²) in [6.45, 7) is 2.61. The quantitative estimate of drug-likeness (QED) is 0.458. The summed E-state index contributed by atoms with van der Waals surface area (Å²) in [5.74, 6) is 0.737. The van der Waals surface area contributed by atoms with Crippen LogP contribution < -0.4 is 19.5 Å². The van der Waals surface area contributed by atoms with Gasteiger partial charge in [-0.2, -0.15) is 0 Å². The maximum Gasteiger partial charge on any atom is 0.240 e. The molecule has 9 heteroatoms. The first-order valence-corrected chi connectivity index (χ1v) is 10.5. The number of sulfonamides is 1. The molecule has 1 atom stereocenters.